The molecule has 0 fully saturated rings. The third-order valence-electron chi connectivity index (χ3n) is 2.15. The van der Waals surface area contributed by atoms with Crippen molar-refractivity contribution >= 4 is 15.9 Å². The molecule has 1 aromatic rings. The monoisotopic (exact) mass is 253 g/mol. The minimum atomic E-state index is 0.839. The molecule has 2 heteroatoms. The highest BCUT2D eigenvalue weighted by Gasteiger charge is 1.96. The zero-order valence-electron chi connectivity index (χ0n) is 8.52. The average molecular weight is 254 g/mol. The maximum Gasteiger partial charge on any atom is 0.0265 e. The lowest BCUT2D eigenvalue weighted by Crippen LogP contribution is -2.18. The van der Waals surface area contributed by atoms with Crippen molar-refractivity contribution in [1.82, 2.24) is 5.32 Å². The molecule has 76 valence electrons. The lowest BCUT2D eigenvalue weighted by atomic mass is 10.1. The Labute approximate surface area is 94.3 Å². The Morgan fingerprint density at radius 3 is 2.79 bits per heavy atom. The minimum Gasteiger partial charge on any atom is -0.312 e. The molecule has 0 aliphatic rings. The first-order chi connectivity index (χ1) is 6.70. The number of hydrogen-bond donors (Lipinski definition) is 1. The van der Waals surface area contributed by atoms with Gasteiger partial charge in [0.1, 0.15) is 0 Å². The van der Waals surface area contributed by atoms with E-state index in [0.29, 0.717) is 0 Å². The quantitative estimate of drug-likeness (QED) is 0.796. The largest absolute Gasteiger partial charge is 0.312 e. The summed E-state index contributed by atoms with van der Waals surface area (Å²) in [5, 5.41) is 3.31. The Morgan fingerprint density at radius 2 is 2.14 bits per heavy atom. The lowest BCUT2D eigenvalue weighted by Gasteiger charge is -2.06. The predicted molar refractivity (Wildman–Crippen MR) is 65.8 cm³/mol. The summed E-state index contributed by atoms with van der Waals surface area (Å²) in [5.41, 5.74) is 2.78. The van der Waals surface area contributed by atoms with E-state index in [2.05, 4.69) is 59.0 Å². The number of rotatable bonds is 5. The third kappa shape index (κ3) is 4.07. The van der Waals surface area contributed by atoms with Crippen LogP contribution in [0.15, 0.2) is 35.3 Å². The van der Waals surface area contributed by atoms with Crippen molar-refractivity contribution in [1.29, 1.82) is 0 Å². The maximum atomic E-state index is 3.77. The van der Waals surface area contributed by atoms with Gasteiger partial charge in [0, 0.05) is 11.0 Å². The van der Waals surface area contributed by atoms with E-state index in [-0.39, 0.29) is 0 Å². The molecular weight excluding hydrogens is 238 g/mol. The van der Waals surface area contributed by atoms with Gasteiger partial charge in [-0.15, -0.1) is 0 Å². The van der Waals surface area contributed by atoms with Crippen molar-refractivity contribution in [2.75, 3.05) is 13.1 Å². The van der Waals surface area contributed by atoms with Gasteiger partial charge in [0.25, 0.3) is 0 Å². The summed E-state index contributed by atoms with van der Waals surface area (Å²) in [6, 6.07) is 8.50. The summed E-state index contributed by atoms with van der Waals surface area (Å²) in [6.45, 7) is 7.76. The average Bonchev–Trinajstić information content (AvgIpc) is 2.15. The molecule has 0 atom stereocenters. The SMILES string of the molecule is C=C(Br)CNCCc1ccccc1C. The van der Waals surface area contributed by atoms with Crippen LogP contribution in [-0.4, -0.2) is 13.1 Å². The van der Waals surface area contributed by atoms with Crippen LogP contribution in [0, 0.1) is 6.92 Å². The number of halogens is 1. The number of nitrogens with one attached hydrogen (secondary N) is 1. The molecule has 1 rings (SSSR count). The number of aryl methyl sites for hydroxylation is 1. The molecule has 0 aliphatic heterocycles. The Morgan fingerprint density at radius 1 is 1.43 bits per heavy atom. The summed E-state index contributed by atoms with van der Waals surface area (Å²) in [6.07, 6.45) is 1.08. The predicted octanol–water partition coefficient (Wildman–Crippen LogP) is 3.04. The molecule has 14 heavy (non-hydrogen) atoms. The van der Waals surface area contributed by atoms with Gasteiger partial charge in [0.2, 0.25) is 0 Å². The Bertz CT molecular complexity index is 307. The zero-order chi connectivity index (χ0) is 10.4. The molecule has 0 aromatic heterocycles. The molecule has 0 saturated carbocycles. The van der Waals surface area contributed by atoms with Crippen LogP contribution in [0.25, 0.3) is 0 Å². The molecule has 0 radical (unpaired) electrons. The fourth-order valence-corrected chi connectivity index (χ4v) is 1.54. The van der Waals surface area contributed by atoms with Gasteiger partial charge >= 0.3 is 0 Å². The highest BCUT2D eigenvalue weighted by molar-refractivity contribution is 9.11. The fourth-order valence-electron chi connectivity index (χ4n) is 1.34. The first-order valence-corrected chi connectivity index (χ1v) is 5.58. The molecular formula is C12H16BrN. The van der Waals surface area contributed by atoms with Crippen LogP contribution in [0.1, 0.15) is 11.1 Å². The van der Waals surface area contributed by atoms with Gasteiger partial charge in [-0.1, -0.05) is 46.8 Å². The summed E-state index contributed by atoms with van der Waals surface area (Å²) in [7, 11) is 0. The van der Waals surface area contributed by atoms with Crippen molar-refractivity contribution < 1.29 is 0 Å². The molecule has 0 aliphatic carbocycles. The first-order valence-electron chi connectivity index (χ1n) is 4.78. The van der Waals surface area contributed by atoms with E-state index in [1.165, 1.54) is 11.1 Å². The van der Waals surface area contributed by atoms with Crippen LogP contribution in [-0.2, 0) is 6.42 Å². The van der Waals surface area contributed by atoms with Crippen molar-refractivity contribution in [2.45, 2.75) is 13.3 Å². The van der Waals surface area contributed by atoms with Crippen LogP contribution in [0.5, 0.6) is 0 Å². The number of benzene rings is 1. The smallest absolute Gasteiger partial charge is 0.0265 e. The molecule has 0 unspecified atom stereocenters. The second-order valence-corrected chi connectivity index (χ2v) is 4.49. The van der Waals surface area contributed by atoms with Gasteiger partial charge in [-0.2, -0.15) is 0 Å². The van der Waals surface area contributed by atoms with Crippen molar-refractivity contribution in [3.05, 3.63) is 46.5 Å². The van der Waals surface area contributed by atoms with Crippen LogP contribution < -0.4 is 5.32 Å². The summed E-state index contributed by atoms with van der Waals surface area (Å²) >= 11 is 3.32. The molecule has 1 N–H and O–H groups in total. The standard InChI is InChI=1S/C12H16BrN/c1-10-5-3-4-6-12(10)7-8-14-9-11(2)13/h3-6,14H,2,7-9H2,1H3. The van der Waals surface area contributed by atoms with Crippen LogP contribution in [0.3, 0.4) is 0 Å². The van der Waals surface area contributed by atoms with E-state index in [0.717, 1.165) is 24.0 Å². The van der Waals surface area contributed by atoms with Gasteiger partial charge in [-0.05, 0) is 31.0 Å². The van der Waals surface area contributed by atoms with E-state index >= 15 is 0 Å². The molecule has 0 saturated heterocycles. The van der Waals surface area contributed by atoms with Crippen molar-refractivity contribution in [2.24, 2.45) is 0 Å². The molecule has 0 heterocycles. The second-order valence-electron chi connectivity index (χ2n) is 3.37. The second kappa shape index (κ2) is 5.99. The Kier molecular flexibility index (Phi) is 4.91. The van der Waals surface area contributed by atoms with Crippen LogP contribution >= 0.6 is 15.9 Å². The molecule has 0 bridgehead atoms. The molecule has 1 aromatic carbocycles. The molecule has 1 nitrogen and oxygen atoms in total. The van der Waals surface area contributed by atoms with E-state index in [9.17, 15) is 0 Å². The highest BCUT2D eigenvalue weighted by Crippen LogP contribution is 2.06. The Balaban J connectivity index is 2.31. The van der Waals surface area contributed by atoms with Crippen LogP contribution in [0.4, 0.5) is 0 Å². The molecule has 0 amide bonds. The van der Waals surface area contributed by atoms with Gasteiger partial charge < -0.3 is 5.32 Å². The topological polar surface area (TPSA) is 12.0 Å². The number of hydrogen-bond acceptors (Lipinski definition) is 1. The van der Waals surface area contributed by atoms with E-state index in [1.807, 2.05) is 0 Å². The Hall–Kier alpha value is -0.600. The summed E-state index contributed by atoms with van der Waals surface area (Å²) in [4.78, 5) is 0. The maximum absolute atomic E-state index is 3.77. The van der Waals surface area contributed by atoms with Crippen molar-refractivity contribution in [3.63, 3.8) is 0 Å². The zero-order valence-corrected chi connectivity index (χ0v) is 10.1. The van der Waals surface area contributed by atoms with E-state index < -0.39 is 0 Å². The normalized spacial score (nSPS) is 10.1. The van der Waals surface area contributed by atoms with Gasteiger partial charge in [0.05, 0.1) is 0 Å². The summed E-state index contributed by atoms with van der Waals surface area (Å²) in [5.74, 6) is 0. The van der Waals surface area contributed by atoms with E-state index in [4.69, 9.17) is 0 Å². The van der Waals surface area contributed by atoms with Crippen molar-refractivity contribution in [3.8, 4) is 0 Å². The van der Waals surface area contributed by atoms with E-state index in [1.54, 1.807) is 0 Å². The lowest BCUT2D eigenvalue weighted by molar-refractivity contribution is 0.740. The minimum absolute atomic E-state index is 0.839. The van der Waals surface area contributed by atoms with Crippen LogP contribution in [0.2, 0.25) is 0 Å². The van der Waals surface area contributed by atoms with Gasteiger partial charge in [-0.25, -0.2) is 0 Å². The third-order valence-corrected chi connectivity index (χ3v) is 2.43. The van der Waals surface area contributed by atoms with Gasteiger partial charge in [-0.3, -0.25) is 0 Å². The van der Waals surface area contributed by atoms with Gasteiger partial charge in [0.15, 0.2) is 0 Å². The fraction of sp³-hybridized carbons (Fsp3) is 0.333. The first kappa shape index (κ1) is 11.5. The molecule has 0 spiro atoms. The summed E-state index contributed by atoms with van der Waals surface area (Å²) < 4.78 is 1.00. The highest BCUT2D eigenvalue weighted by atomic mass is 79.9.